The number of carbonyl (C=O) groups is 3. The van der Waals surface area contributed by atoms with E-state index in [0.717, 1.165) is 11.1 Å². The van der Waals surface area contributed by atoms with Crippen molar-refractivity contribution in [2.24, 2.45) is 0 Å². The number of hydrogen-bond acceptors (Lipinski definition) is 6. The number of aryl methyl sites for hydroxylation is 2. The first-order valence-electron chi connectivity index (χ1n) is 9.07. The summed E-state index contributed by atoms with van der Waals surface area (Å²) < 4.78 is 15.4. The predicted molar refractivity (Wildman–Crippen MR) is 108 cm³/mol. The van der Waals surface area contributed by atoms with Gasteiger partial charge in [-0.1, -0.05) is 12.1 Å². The molecule has 2 aromatic rings. The van der Waals surface area contributed by atoms with E-state index >= 15 is 0 Å². The minimum absolute atomic E-state index is 0.272. The van der Waals surface area contributed by atoms with Gasteiger partial charge >= 0.3 is 5.97 Å². The maximum absolute atomic E-state index is 12.5. The Labute approximate surface area is 170 Å². The van der Waals surface area contributed by atoms with Crippen molar-refractivity contribution in [3.63, 3.8) is 0 Å². The van der Waals surface area contributed by atoms with Crippen molar-refractivity contribution >= 4 is 17.7 Å². The third-order valence-corrected chi connectivity index (χ3v) is 4.48. The van der Waals surface area contributed by atoms with Crippen LogP contribution in [0.25, 0.3) is 0 Å². The van der Waals surface area contributed by atoms with Crippen LogP contribution in [0.2, 0.25) is 0 Å². The topological polar surface area (TPSA) is 90.9 Å². The summed E-state index contributed by atoms with van der Waals surface area (Å²) in [5, 5.41) is 2.47. The number of carbonyl (C=O) groups excluding carboxylic acids is 3. The molecular weight excluding hydrogens is 374 g/mol. The highest BCUT2D eigenvalue weighted by Gasteiger charge is 2.20. The van der Waals surface area contributed by atoms with Crippen molar-refractivity contribution in [1.29, 1.82) is 0 Å². The number of ether oxygens (including phenoxy) is 3. The van der Waals surface area contributed by atoms with Gasteiger partial charge in [-0.3, -0.25) is 14.4 Å². The first-order chi connectivity index (χ1) is 13.7. The van der Waals surface area contributed by atoms with Crippen LogP contribution in [0.5, 0.6) is 11.5 Å². The summed E-state index contributed by atoms with van der Waals surface area (Å²) in [4.78, 5) is 36.8. The molecule has 0 aromatic heterocycles. The van der Waals surface area contributed by atoms with E-state index in [4.69, 9.17) is 14.2 Å². The van der Waals surface area contributed by atoms with Gasteiger partial charge in [-0.25, -0.2) is 0 Å². The molecular formula is C22H25NO6. The first-order valence-corrected chi connectivity index (χ1v) is 9.07. The van der Waals surface area contributed by atoms with Gasteiger partial charge in [0.05, 0.1) is 14.2 Å². The lowest BCUT2D eigenvalue weighted by atomic mass is 10.0. The van der Waals surface area contributed by atoms with Crippen molar-refractivity contribution in [1.82, 2.24) is 5.32 Å². The summed E-state index contributed by atoms with van der Waals surface area (Å²) in [6.45, 7) is 4.99. The van der Waals surface area contributed by atoms with Gasteiger partial charge in [0.25, 0.3) is 5.91 Å². The van der Waals surface area contributed by atoms with E-state index in [9.17, 15) is 14.4 Å². The standard InChI is InChI=1S/C22H25NO6/c1-13-6-7-16(8-14(13)2)21(25)15(3)29-20(24)12-23-22(26)17-9-18(27-4)11-19(10-17)28-5/h6-11,15H,12H2,1-5H3,(H,23,26)/t15-/m0/s1. The lowest BCUT2D eigenvalue weighted by Crippen LogP contribution is -2.34. The number of benzene rings is 2. The van der Waals surface area contributed by atoms with E-state index in [1.807, 2.05) is 19.9 Å². The molecule has 0 aliphatic rings. The predicted octanol–water partition coefficient (Wildman–Crippen LogP) is 2.87. The Bertz CT molecular complexity index is 899. The molecule has 0 saturated carbocycles. The molecule has 0 unspecified atom stereocenters. The summed E-state index contributed by atoms with van der Waals surface area (Å²) in [6.07, 6.45) is -0.960. The first kappa shape index (κ1) is 21.9. The molecule has 0 aliphatic heterocycles. The Morgan fingerprint density at radius 3 is 2.07 bits per heavy atom. The molecule has 1 amide bonds. The molecule has 0 fully saturated rings. The van der Waals surface area contributed by atoms with Crippen LogP contribution < -0.4 is 14.8 Å². The summed E-state index contributed by atoms with van der Waals surface area (Å²) >= 11 is 0. The quantitative estimate of drug-likeness (QED) is 0.542. The van der Waals surface area contributed by atoms with E-state index < -0.39 is 18.0 Å². The summed E-state index contributed by atoms with van der Waals surface area (Å²) in [7, 11) is 2.95. The number of esters is 1. The molecule has 2 aromatic carbocycles. The van der Waals surface area contributed by atoms with E-state index in [2.05, 4.69) is 5.32 Å². The molecule has 29 heavy (non-hydrogen) atoms. The molecule has 2 rings (SSSR count). The minimum atomic E-state index is -0.960. The van der Waals surface area contributed by atoms with Crippen molar-refractivity contribution in [3.05, 3.63) is 58.7 Å². The number of hydrogen-bond donors (Lipinski definition) is 1. The van der Waals surface area contributed by atoms with Crippen molar-refractivity contribution in [2.45, 2.75) is 26.9 Å². The fraction of sp³-hybridized carbons (Fsp3) is 0.318. The van der Waals surface area contributed by atoms with Gasteiger partial charge in [0, 0.05) is 17.2 Å². The highest BCUT2D eigenvalue weighted by Crippen LogP contribution is 2.22. The maximum Gasteiger partial charge on any atom is 0.326 e. The van der Waals surface area contributed by atoms with E-state index in [1.54, 1.807) is 18.2 Å². The van der Waals surface area contributed by atoms with Gasteiger partial charge < -0.3 is 19.5 Å². The monoisotopic (exact) mass is 399 g/mol. The third-order valence-electron chi connectivity index (χ3n) is 4.48. The van der Waals surface area contributed by atoms with Gasteiger partial charge in [-0.2, -0.15) is 0 Å². The summed E-state index contributed by atoms with van der Waals surface area (Å²) in [6, 6.07) is 9.99. The van der Waals surface area contributed by atoms with Crippen LogP contribution in [-0.2, 0) is 9.53 Å². The van der Waals surface area contributed by atoms with Crippen molar-refractivity contribution in [3.8, 4) is 11.5 Å². The van der Waals surface area contributed by atoms with Crippen LogP contribution in [0.15, 0.2) is 36.4 Å². The molecule has 1 N–H and O–H groups in total. The number of ketones is 1. The van der Waals surface area contributed by atoms with Crippen LogP contribution in [0.1, 0.15) is 38.8 Å². The second-order valence-corrected chi connectivity index (χ2v) is 6.58. The minimum Gasteiger partial charge on any atom is -0.497 e. The Balaban J connectivity index is 1.94. The summed E-state index contributed by atoms with van der Waals surface area (Å²) in [5.74, 6) is -0.607. The smallest absolute Gasteiger partial charge is 0.326 e. The number of Topliss-reactive ketones (excluding diaryl/α,β-unsaturated/α-hetero) is 1. The average molecular weight is 399 g/mol. The molecule has 154 valence electrons. The fourth-order valence-electron chi connectivity index (χ4n) is 2.61. The van der Waals surface area contributed by atoms with Crippen molar-refractivity contribution < 1.29 is 28.6 Å². The molecule has 0 bridgehead atoms. The highest BCUT2D eigenvalue weighted by atomic mass is 16.5. The van der Waals surface area contributed by atoms with E-state index in [1.165, 1.54) is 33.3 Å². The molecule has 0 heterocycles. The zero-order chi connectivity index (χ0) is 21.6. The normalized spacial score (nSPS) is 11.3. The number of rotatable bonds is 8. The Morgan fingerprint density at radius 2 is 1.52 bits per heavy atom. The molecule has 0 spiro atoms. The van der Waals surface area contributed by atoms with Crippen LogP contribution in [0, 0.1) is 13.8 Å². The zero-order valence-corrected chi connectivity index (χ0v) is 17.2. The van der Waals surface area contributed by atoms with Crippen LogP contribution in [0.4, 0.5) is 0 Å². The number of nitrogens with one attached hydrogen (secondary N) is 1. The zero-order valence-electron chi connectivity index (χ0n) is 17.2. The Morgan fingerprint density at radius 1 is 0.897 bits per heavy atom. The Hall–Kier alpha value is -3.35. The maximum atomic E-state index is 12.5. The van der Waals surface area contributed by atoms with E-state index in [0.29, 0.717) is 17.1 Å². The molecule has 1 atom stereocenters. The molecule has 0 radical (unpaired) electrons. The molecule has 7 heteroatoms. The van der Waals surface area contributed by atoms with Crippen LogP contribution >= 0.6 is 0 Å². The second-order valence-electron chi connectivity index (χ2n) is 6.58. The molecule has 0 aliphatic carbocycles. The lowest BCUT2D eigenvalue weighted by Gasteiger charge is -2.14. The van der Waals surface area contributed by atoms with Crippen molar-refractivity contribution in [2.75, 3.05) is 20.8 Å². The van der Waals surface area contributed by atoms with Gasteiger partial charge in [-0.05, 0) is 50.1 Å². The lowest BCUT2D eigenvalue weighted by molar-refractivity contribution is -0.145. The largest absolute Gasteiger partial charge is 0.497 e. The highest BCUT2D eigenvalue weighted by molar-refractivity contribution is 6.01. The Kier molecular flexibility index (Phi) is 7.36. The van der Waals surface area contributed by atoms with Crippen LogP contribution in [-0.4, -0.2) is 44.5 Å². The number of amides is 1. The second kappa shape index (κ2) is 9.73. The van der Waals surface area contributed by atoms with Gasteiger partial charge in [0.15, 0.2) is 6.10 Å². The third kappa shape index (κ3) is 5.81. The van der Waals surface area contributed by atoms with Crippen LogP contribution in [0.3, 0.4) is 0 Å². The van der Waals surface area contributed by atoms with E-state index in [-0.39, 0.29) is 17.9 Å². The van der Waals surface area contributed by atoms with Gasteiger partial charge in [-0.15, -0.1) is 0 Å². The average Bonchev–Trinajstić information content (AvgIpc) is 2.72. The molecule has 0 saturated heterocycles. The SMILES string of the molecule is COc1cc(OC)cc(C(=O)NCC(=O)O[C@@H](C)C(=O)c2ccc(C)c(C)c2)c1. The number of methoxy groups -OCH3 is 2. The van der Waals surface area contributed by atoms with Gasteiger partial charge in [0.1, 0.15) is 18.0 Å². The fourth-order valence-corrected chi connectivity index (χ4v) is 2.61. The molecule has 7 nitrogen and oxygen atoms in total. The van der Waals surface area contributed by atoms with Gasteiger partial charge in [0.2, 0.25) is 5.78 Å². The summed E-state index contributed by atoms with van der Waals surface area (Å²) in [5.41, 5.74) is 2.80.